The SMILES string of the molecule is NCc1cccc(C2CCN(C(=O)c3ccc(B(O)O)c4ncccc34)CC2)c1. The van der Waals surface area contributed by atoms with E-state index in [-0.39, 0.29) is 5.91 Å². The molecule has 4 rings (SSSR count). The number of hydrogen-bond acceptors (Lipinski definition) is 5. The Kier molecular flexibility index (Phi) is 5.62. The minimum absolute atomic E-state index is 0.0452. The van der Waals surface area contributed by atoms with Crippen molar-refractivity contribution in [1.82, 2.24) is 9.88 Å². The van der Waals surface area contributed by atoms with Crippen LogP contribution in [0.3, 0.4) is 0 Å². The molecule has 3 aromatic rings. The predicted octanol–water partition coefficient (Wildman–Crippen LogP) is 1.39. The Hall–Kier alpha value is -2.74. The summed E-state index contributed by atoms with van der Waals surface area (Å²) < 4.78 is 0. The van der Waals surface area contributed by atoms with Crippen LogP contribution in [0.25, 0.3) is 10.9 Å². The van der Waals surface area contributed by atoms with E-state index in [4.69, 9.17) is 5.73 Å². The molecule has 0 spiro atoms. The van der Waals surface area contributed by atoms with E-state index in [1.54, 1.807) is 30.5 Å². The number of nitrogens with zero attached hydrogens (tertiary/aromatic N) is 2. The van der Waals surface area contributed by atoms with Crippen LogP contribution < -0.4 is 11.2 Å². The minimum Gasteiger partial charge on any atom is -0.423 e. The Morgan fingerprint density at radius 2 is 1.93 bits per heavy atom. The molecule has 1 aliphatic heterocycles. The number of likely N-dealkylation sites (tertiary alicyclic amines) is 1. The van der Waals surface area contributed by atoms with Gasteiger partial charge in [-0.1, -0.05) is 36.4 Å². The predicted molar refractivity (Wildman–Crippen MR) is 114 cm³/mol. The first-order chi connectivity index (χ1) is 14.1. The zero-order valence-electron chi connectivity index (χ0n) is 16.2. The first-order valence-electron chi connectivity index (χ1n) is 9.90. The Labute approximate surface area is 170 Å². The van der Waals surface area contributed by atoms with Crippen LogP contribution in [0.2, 0.25) is 0 Å². The zero-order valence-corrected chi connectivity index (χ0v) is 16.2. The molecule has 29 heavy (non-hydrogen) atoms. The van der Waals surface area contributed by atoms with Crippen LogP contribution in [-0.4, -0.2) is 46.0 Å². The highest BCUT2D eigenvalue weighted by molar-refractivity contribution is 6.61. The molecule has 0 unspecified atom stereocenters. The fourth-order valence-electron chi connectivity index (χ4n) is 4.15. The zero-order chi connectivity index (χ0) is 20.4. The fourth-order valence-corrected chi connectivity index (χ4v) is 4.15. The van der Waals surface area contributed by atoms with Gasteiger partial charge in [0.15, 0.2) is 0 Å². The number of hydrogen-bond donors (Lipinski definition) is 3. The van der Waals surface area contributed by atoms with E-state index in [0.29, 0.717) is 47.5 Å². The number of amides is 1. The normalized spacial score (nSPS) is 14.9. The van der Waals surface area contributed by atoms with E-state index in [0.717, 1.165) is 18.4 Å². The van der Waals surface area contributed by atoms with Crippen LogP contribution in [0.5, 0.6) is 0 Å². The van der Waals surface area contributed by atoms with Crippen molar-refractivity contribution in [1.29, 1.82) is 0 Å². The number of pyridine rings is 1. The van der Waals surface area contributed by atoms with Gasteiger partial charge in [-0.2, -0.15) is 0 Å². The summed E-state index contributed by atoms with van der Waals surface area (Å²) >= 11 is 0. The van der Waals surface area contributed by atoms with Crippen LogP contribution in [0.15, 0.2) is 54.7 Å². The third kappa shape index (κ3) is 3.89. The number of piperidine rings is 1. The lowest BCUT2D eigenvalue weighted by molar-refractivity contribution is 0.0715. The van der Waals surface area contributed by atoms with Crippen LogP contribution in [-0.2, 0) is 6.54 Å². The number of rotatable bonds is 4. The third-order valence-corrected chi connectivity index (χ3v) is 5.75. The van der Waals surface area contributed by atoms with Gasteiger partial charge in [-0.15, -0.1) is 0 Å². The van der Waals surface area contributed by atoms with Gasteiger partial charge in [0.1, 0.15) is 0 Å². The molecule has 0 bridgehead atoms. The molecular formula is C22H24BN3O3. The van der Waals surface area contributed by atoms with Crippen LogP contribution in [0.1, 0.15) is 40.2 Å². The monoisotopic (exact) mass is 389 g/mol. The van der Waals surface area contributed by atoms with Gasteiger partial charge in [0.2, 0.25) is 0 Å². The lowest BCUT2D eigenvalue weighted by Gasteiger charge is -2.32. The summed E-state index contributed by atoms with van der Waals surface area (Å²) in [5.74, 6) is 0.381. The van der Waals surface area contributed by atoms with Crippen molar-refractivity contribution in [3.8, 4) is 0 Å². The molecule has 4 N–H and O–H groups in total. The maximum atomic E-state index is 13.2. The average molecular weight is 389 g/mol. The molecule has 1 aliphatic rings. The van der Waals surface area contributed by atoms with Crippen molar-refractivity contribution in [3.05, 3.63) is 71.4 Å². The van der Waals surface area contributed by atoms with Gasteiger partial charge in [0.25, 0.3) is 5.91 Å². The van der Waals surface area contributed by atoms with Crippen molar-refractivity contribution >= 4 is 29.4 Å². The highest BCUT2D eigenvalue weighted by Gasteiger charge is 2.27. The summed E-state index contributed by atoms with van der Waals surface area (Å²) in [5, 5.41) is 19.8. The summed E-state index contributed by atoms with van der Waals surface area (Å²) in [5.41, 5.74) is 9.47. The molecule has 148 valence electrons. The maximum absolute atomic E-state index is 13.2. The van der Waals surface area contributed by atoms with Crippen molar-refractivity contribution in [2.75, 3.05) is 13.1 Å². The van der Waals surface area contributed by atoms with Crippen LogP contribution >= 0.6 is 0 Å². The molecule has 6 nitrogen and oxygen atoms in total. The summed E-state index contributed by atoms with van der Waals surface area (Å²) in [6, 6.07) is 15.2. The minimum atomic E-state index is -1.63. The molecule has 0 aliphatic carbocycles. The van der Waals surface area contributed by atoms with E-state index in [2.05, 4.69) is 17.1 Å². The average Bonchev–Trinajstić information content (AvgIpc) is 2.78. The smallest absolute Gasteiger partial charge is 0.423 e. The van der Waals surface area contributed by atoms with Gasteiger partial charge in [0, 0.05) is 42.2 Å². The number of carbonyl (C=O) groups excluding carboxylic acids is 1. The van der Waals surface area contributed by atoms with Crippen molar-refractivity contribution < 1.29 is 14.8 Å². The van der Waals surface area contributed by atoms with E-state index >= 15 is 0 Å². The summed E-state index contributed by atoms with van der Waals surface area (Å²) in [6.07, 6.45) is 3.40. The topological polar surface area (TPSA) is 99.7 Å². The number of carbonyl (C=O) groups is 1. The Bertz CT molecular complexity index is 1030. The summed E-state index contributed by atoms with van der Waals surface area (Å²) in [4.78, 5) is 19.3. The molecule has 1 saturated heterocycles. The van der Waals surface area contributed by atoms with Gasteiger partial charge in [-0.05, 0) is 42.0 Å². The molecule has 1 aromatic heterocycles. The first-order valence-corrected chi connectivity index (χ1v) is 9.90. The standard InChI is InChI=1S/C22H24BN3O3/c24-14-15-3-1-4-17(13-15)16-8-11-26(12-9-16)22(27)19-6-7-20(23(28)29)21-18(19)5-2-10-25-21/h1-7,10,13,16,28-29H,8-9,11-12,14,24H2. The Morgan fingerprint density at radius 3 is 2.66 bits per heavy atom. The lowest BCUT2D eigenvalue weighted by Crippen LogP contribution is -2.38. The number of nitrogens with two attached hydrogens (primary N) is 1. The van der Waals surface area contributed by atoms with Gasteiger partial charge >= 0.3 is 7.12 Å². The number of aromatic nitrogens is 1. The number of benzene rings is 2. The highest BCUT2D eigenvalue weighted by atomic mass is 16.4. The second kappa shape index (κ2) is 8.33. The van der Waals surface area contributed by atoms with Crippen molar-refractivity contribution in [2.24, 2.45) is 5.73 Å². The molecule has 0 radical (unpaired) electrons. The third-order valence-electron chi connectivity index (χ3n) is 5.75. The molecule has 2 aromatic carbocycles. The van der Waals surface area contributed by atoms with E-state index in [1.807, 2.05) is 17.0 Å². The largest absolute Gasteiger partial charge is 0.490 e. The molecule has 1 fully saturated rings. The molecular weight excluding hydrogens is 365 g/mol. The second-order valence-corrected chi connectivity index (χ2v) is 7.49. The summed E-state index contributed by atoms with van der Waals surface area (Å²) in [7, 11) is -1.63. The summed E-state index contributed by atoms with van der Waals surface area (Å²) in [6.45, 7) is 1.90. The van der Waals surface area contributed by atoms with E-state index in [1.165, 1.54) is 5.56 Å². The fraction of sp³-hybridized carbons (Fsp3) is 0.273. The van der Waals surface area contributed by atoms with Gasteiger partial charge < -0.3 is 20.7 Å². The van der Waals surface area contributed by atoms with E-state index in [9.17, 15) is 14.8 Å². The maximum Gasteiger partial charge on any atom is 0.490 e. The van der Waals surface area contributed by atoms with Gasteiger partial charge in [0.05, 0.1) is 5.52 Å². The lowest BCUT2D eigenvalue weighted by atomic mass is 9.78. The Balaban J connectivity index is 1.54. The van der Waals surface area contributed by atoms with Crippen molar-refractivity contribution in [3.63, 3.8) is 0 Å². The number of fused-ring (bicyclic) bond motifs is 1. The second-order valence-electron chi connectivity index (χ2n) is 7.49. The quantitative estimate of drug-likeness (QED) is 0.586. The van der Waals surface area contributed by atoms with Crippen molar-refractivity contribution in [2.45, 2.75) is 25.3 Å². The van der Waals surface area contributed by atoms with Gasteiger partial charge in [-0.25, -0.2) is 0 Å². The van der Waals surface area contributed by atoms with Gasteiger partial charge in [-0.3, -0.25) is 9.78 Å². The molecule has 1 amide bonds. The highest BCUT2D eigenvalue weighted by Crippen LogP contribution is 2.30. The van der Waals surface area contributed by atoms with Crippen LogP contribution in [0.4, 0.5) is 0 Å². The Morgan fingerprint density at radius 1 is 1.14 bits per heavy atom. The molecule has 2 heterocycles. The molecule has 0 atom stereocenters. The van der Waals surface area contributed by atoms with Crippen LogP contribution in [0, 0.1) is 0 Å². The molecule has 7 heteroatoms. The first kappa shape index (κ1) is 19.6. The molecule has 0 saturated carbocycles. The van der Waals surface area contributed by atoms with E-state index < -0.39 is 7.12 Å².